The lowest BCUT2D eigenvalue weighted by atomic mass is 9.73. The number of furan rings is 1. The van der Waals surface area contributed by atoms with Gasteiger partial charge in [-0.15, -0.1) is 0 Å². The monoisotopic (exact) mass is 600 g/mol. The summed E-state index contributed by atoms with van der Waals surface area (Å²) < 4.78 is 7.16. The number of benzene rings is 1. The van der Waals surface area contributed by atoms with E-state index >= 15 is 0 Å². The normalized spacial score (nSPS) is 16.9. The average Bonchev–Trinajstić information content (AvgIpc) is 3.77. The van der Waals surface area contributed by atoms with Crippen molar-refractivity contribution in [3.63, 3.8) is 0 Å². The van der Waals surface area contributed by atoms with Crippen LogP contribution >= 0.6 is 0 Å². The molecule has 0 radical (unpaired) electrons. The number of nitrogens with zero attached hydrogens (tertiary/aromatic N) is 6. The third-order valence-corrected chi connectivity index (χ3v) is 8.54. The Kier molecular flexibility index (Phi) is 9.25. The van der Waals surface area contributed by atoms with Crippen molar-refractivity contribution >= 4 is 11.7 Å². The number of amides is 1. The number of pyridine rings is 1. The second-order valence-electron chi connectivity index (χ2n) is 11.6. The fourth-order valence-electron chi connectivity index (χ4n) is 6.12. The van der Waals surface area contributed by atoms with Crippen molar-refractivity contribution in [2.24, 2.45) is 18.9 Å². The molecule has 5 aromatic rings. The first-order valence-corrected chi connectivity index (χ1v) is 15.3. The molecule has 45 heavy (non-hydrogen) atoms. The summed E-state index contributed by atoms with van der Waals surface area (Å²) in [4.78, 5) is 27.8. The molecule has 1 aliphatic carbocycles. The second-order valence-corrected chi connectivity index (χ2v) is 11.6. The summed E-state index contributed by atoms with van der Waals surface area (Å²) in [6.45, 7) is 0.916. The van der Waals surface area contributed by atoms with Gasteiger partial charge in [0.2, 0.25) is 5.91 Å². The maximum Gasteiger partial charge on any atom is 0.229 e. The van der Waals surface area contributed by atoms with Gasteiger partial charge in [0.1, 0.15) is 29.0 Å². The summed E-state index contributed by atoms with van der Waals surface area (Å²) in [5.74, 6) is 2.21. The second kappa shape index (κ2) is 14.0. The van der Waals surface area contributed by atoms with Gasteiger partial charge in [0.25, 0.3) is 0 Å². The molecule has 4 heterocycles. The molecule has 0 spiro atoms. The minimum Gasteiger partial charge on any atom is -0.467 e. The van der Waals surface area contributed by atoms with Gasteiger partial charge >= 0.3 is 0 Å². The molecule has 1 aromatic carbocycles. The van der Waals surface area contributed by atoms with Crippen molar-refractivity contribution < 1.29 is 9.21 Å². The Balaban J connectivity index is 1.13. The molecular formula is C35H36N8O2. The highest BCUT2D eigenvalue weighted by Gasteiger charge is 2.34. The minimum absolute atomic E-state index is 0.00614. The van der Waals surface area contributed by atoms with E-state index in [0.29, 0.717) is 36.2 Å². The zero-order chi connectivity index (χ0) is 31.0. The van der Waals surface area contributed by atoms with Crippen LogP contribution in [0.1, 0.15) is 60.0 Å². The van der Waals surface area contributed by atoms with Gasteiger partial charge < -0.3 is 15.1 Å². The van der Waals surface area contributed by atoms with Gasteiger partial charge in [-0.25, -0.2) is 9.97 Å². The summed E-state index contributed by atoms with van der Waals surface area (Å²) in [6.07, 6.45) is 13.3. The third-order valence-electron chi connectivity index (χ3n) is 8.54. The number of hydrogen-bond acceptors (Lipinski definition) is 8. The molecule has 228 valence electrons. The Morgan fingerprint density at radius 1 is 1.00 bits per heavy atom. The van der Waals surface area contributed by atoms with Crippen molar-refractivity contribution in [2.45, 2.75) is 51.1 Å². The van der Waals surface area contributed by atoms with Crippen molar-refractivity contribution in [3.8, 4) is 17.2 Å². The first-order chi connectivity index (χ1) is 22.1. The molecule has 1 aliphatic rings. The predicted molar refractivity (Wildman–Crippen MR) is 169 cm³/mol. The summed E-state index contributed by atoms with van der Waals surface area (Å²) in [7, 11) is 1.89. The van der Waals surface area contributed by atoms with Gasteiger partial charge in [-0.3, -0.25) is 14.5 Å². The molecule has 4 aromatic heterocycles. The van der Waals surface area contributed by atoms with Gasteiger partial charge in [0.05, 0.1) is 36.8 Å². The first kappa shape index (κ1) is 29.8. The minimum atomic E-state index is -0.346. The Morgan fingerprint density at radius 2 is 1.84 bits per heavy atom. The van der Waals surface area contributed by atoms with Crippen molar-refractivity contribution in [1.29, 1.82) is 5.26 Å². The lowest BCUT2D eigenvalue weighted by molar-refractivity contribution is -0.124. The number of rotatable bonds is 11. The summed E-state index contributed by atoms with van der Waals surface area (Å²) >= 11 is 0. The lowest BCUT2D eigenvalue weighted by Gasteiger charge is -2.33. The number of carbonyl (C=O) groups excluding carboxylic acids is 1. The number of aromatic nitrogens is 5. The lowest BCUT2D eigenvalue weighted by Crippen LogP contribution is -2.35. The van der Waals surface area contributed by atoms with E-state index in [1.807, 2.05) is 80.2 Å². The summed E-state index contributed by atoms with van der Waals surface area (Å²) in [6, 6.07) is 19.9. The molecule has 1 amide bonds. The van der Waals surface area contributed by atoms with Gasteiger partial charge in [0.15, 0.2) is 0 Å². The highest BCUT2D eigenvalue weighted by Crippen LogP contribution is 2.39. The smallest absolute Gasteiger partial charge is 0.229 e. The van der Waals surface area contributed by atoms with Gasteiger partial charge in [-0.2, -0.15) is 10.4 Å². The molecule has 0 saturated heterocycles. The van der Waals surface area contributed by atoms with Gasteiger partial charge in [0, 0.05) is 43.5 Å². The molecular weight excluding hydrogens is 564 g/mol. The SMILES string of the molecule is Cn1cc(-c2ccc(C(C(=O)NCc3ccccc3)C3CCC(Cc4ncc(C#N)c(NCc5ccco5)n4)CC3)nc2)cn1. The Hall–Kier alpha value is -5.30. The third kappa shape index (κ3) is 7.44. The van der Waals surface area contributed by atoms with E-state index in [1.165, 1.54) is 0 Å². The van der Waals surface area contributed by atoms with Crippen LogP contribution in [0.4, 0.5) is 5.82 Å². The quantitative estimate of drug-likeness (QED) is 0.194. The van der Waals surface area contributed by atoms with Crippen LogP contribution < -0.4 is 10.6 Å². The van der Waals surface area contributed by atoms with Crippen LogP contribution in [-0.4, -0.2) is 30.6 Å². The average molecular weight is 601 g/mol. The Labute approximate surface area is 262 Å². The molecule has 10 heteroatoms. The van der Waals surface area contributed by atoms with Crippen LogP contribution in [0.15, 0.2) is 90.1 Å². The molecule has 10 nitrogen and oxygen atoms in total. The fraction of sp³-hybridized carbons (Fsp3) is 0.314. The summed E-state index contributed by atoms with van der Waals surface area (Å²) in [5, 5.41) is 20.2. The molecule has 0 aliphatic heterocycles. The van der Waals surface area contributed by atoms with Crippen LogP contribution in [-0.2, 0) is 31.4 Å². The largest absolute Gasteiger partial charge is 0.467 e. The summed E-state index contributed by atoms with van der Waals surface area (Å²) in [5.41, 5.74) is 4.22. The van der Waals surface area contributed by atoms with Gasteiger partial charge in [-0.1, -0.05) is 36.4 Å². The molecule has 1 unspecified atom stereocenters. The maximum atomic E-state index is 13.8. The van der Waals surface area contributed by atoms with Crippen LogP contribution in [0.3, 0.4) is 0 Å². The van der Waals surface area contributed by atoms with Crippen LogP contribution in [0.5, 0.6) is 0 Å². The maximum absolute atomic E-state index is 13.8. The molecule has 6 rings (SSSR count). The molecule has 2 N–H and O–H groups in total. The number of carbonyl (C=O) groups is 1. The highest BCUT2D eigenvalue weighted by molar-refractivity contribution is 5.83. The highest BCUT2D eigenvalue weighted by atomic mass is 16.3. The van der Waals surface area contributed by atoms with Crippen LogP contribution in [0, 0.1) is 23.2 Å². The van der Waals surface area contributed by atoms with E-state index in [0.717, 1.165) is 60.2 Å². The molecule has 1 fully saturated rings. The number of nitrogens with one attached hydrogen (secondary N) is 2. The Morgan fingerprint density at radius 3 is 2.53 bits per heavy atom. The first-order valence-electron chi connectivity index (χ1n) is 15.3. The predicted octanol–water partition coefficient (Wildman–Crippen LogP) is 5.80. The zero-order valence-corrected chi connectivity index (χ0v) is 25.3. The number of anilines is 1. The van der Waals surface area contributed by atoms with Crippen molar-refractivity contribution in [3.05, 3.63) is 114 Å². The van der Waals surface area contributed by atoms with Crippen LogP contribution in [0.2, 0.25) is 0 Å². The number of nitriles is 1. The fourth-order valence-corrected chi connectivity index (χ4v) is 6.12. The van der Waals surface area contributed by atoms with Gasteiger partial charge in [-0.05, 0) is 61.3 Å². The zero-order valence-electron chi connectivity index (χ0n) is 25.3. The van der Waals surface area contributed by atoms with E-state index in [2.05, 4.69) is 31.8 Å². The Bertz CT molecular complexity index is 1730. The number of aryl methyl sites for hydroxylation is 1. The number of hydrogen-bond donors (Lipinski definition) is 2. The molecule has 1 atom stereocenters. The standard InChI is InChI=1S/C35H36N8O2/c1-43-23-29(21-41-43)27-13-14-31(37-19-27)33(35(44)40-18-25-6-3-2-4-7-25)26-11-9-24(10-12-26)16-32-38-20-28(17-36)34(42-32)39-22-30-8-5-15-45-30/h2-8,13-15,19-21,23-24,26,33H,9-12,16,18,22H2,1H3,(H,40,44)(H,38,39,42). The van der Waals surface area contributed by atoms with Crippen molar-refractivity contribution in [2.75, 3.05) is 5.32 Å². The molecule has 1 saturated carbocycles. The topological polar surface area (TPSA) is 135 Å². The van der Waals surface area contributed by atoms with E-state index < -0.39 is 0 Å². The van der Waals surface area contributed by atoms with E-state index in [9.17, 15) is 10.1 Å². The van der Waals surface area contributed by atoms with E-state index in [-0.39, 0.29) is 17.7 Å². The van der Waals surface area contributed by atoms with Crippen LogP contribution in [0.25, 0.3) is 11.1 Å². The molecule has 0 bridgehead atoms. The van der Waals surface area contributed by atoms with Crippen molar-refractivity contribution in [1.82, 2.24) is 30.0 Å². The van der Waals surface area contributed by atoms with E-state index in [1.54, 1.807) is 17.1 Å². The van der Waals surface area contributed by atoms with E-state index in [4.69, 9.17) is 9.40 Å².